The number of aromatic nitrogens is 2. The molecule has 0 saturated heterocycles. The Kier molecular flexibility index (Phi) is 4.42. The SMILES string of the molecule is CC(=O)N(Cc1cccnc1)Cc1cc2cc(C)ccc2[nH]c1=O. The maximum absolute atomic E-state index is 12.3. The Morgan fingerprint density at radius 3 is 2.75 bits per heavy atom. The molecule has 0 unspecified atom stereocenters. The maximum Gasteiger partial charge on any atom is 0.253 e. The summed E-state index contributed by atoms with van der Waals surface area (Å²) in [5.41, 5.74) is 3.27. The van der Waals surface area contributed by atoms with E-state index in [-0.39, 0.29) is 18.0 Å². The summed E-state index contributed by atoms with van der Waals surface area (Å²) in [5.74, 6) is -0.0809. The van der Waals surface area contributed by atoms with Crippen LogP contribution in [-0.4, -0.2) is 20.8 Å². The van der Waals surface area contributed by atoms with Crippen LogP contribution in [0.1, 0.15) is 23.6 Å². The van der Waals surface area contributed by atoms with Gasteiger partial charge >= 0.3 is 0 Å². The molecule has 3 rings (SSSR count). The average molecular weight is 321 g/mol. The third-order valence-electron chi connectivity index (χ3n) is 3.98. The Morgan fingerprint density at radius 1 is 1.21 bits per heavy atom. The summed E-state index contributed by atoms with van der Waals surface area (Å²) < 4.78 is 0. The zero-order chi connectivity index (χ0) is 17.1. The van der Waals surface area contributed by atoms with Crippen molar-refractivity contribution in [2.45, 2.75) is 26.9 Å². The van der Waals surface area contributed by atoms with Crippen LogP contribution in [-0.2, 0) is 17.9 Å². The van der Waals surface area contributed by atoms with Crippen molar-refractivity contribution in [2.24, 2.45) is 0 Å². The van der Waals surface area contributed by atoms with Crippen molar-refractivity contribution in [3.63, 3.8) is 0 Å². The Labute approximate surface area is 140 Å². The number of benzene rings is 1. The van der Waals surface area contributed by atoms with Crippen molar-refractivity contribution in [1.29, 1.82) is 0 Å². The Bertz CT molecular complexity index is 932. The first-order chi connectivity index (χ1) is 11.5. The molecular weight excluding hydrogens is 302 g/mol. The molecule has 0 aliphatic heterocycles. The van der Waals surface area contributed by atoms with Gasteiger partial charge in [-0.2, -0.15) is 0 Å². The van der Waals surface area contributed by atoms with E-state index < -0.39 is 0 Å². The number of amides is 1. The fourth-order valence-electron chi connectivity index (χ4n) is 2.68. The Morgan fingerprint density at radius 2 is 2.04 bits per heavy atom. The molecule has 122 valence electrons. The number of aryl methyl sites for hydroxylation is 1. The minimum absolute atomic E-state index is 0.0809. The van der Waals surface area contributed by atoms with Gasteiger partial charge in [-0.3, -0.25) is 14.6 Å². The molecule has 1 aromatic carbocycles. The summed E-state index contributed by atoms with van der Waals surface area (Å²) >= 11 is 0. The highest BCUT2D eigenvalue weighted by molar-refractivity contribution is 5.80. The monoisotopic (exact) mass is 321 g/mol. The molecule has 1 amide bonds. The third kappa shape index (κ3) is 3.51. The van der Waals surface area contributed by atoms with Crippen LogP contribution in [0.25, 0.3) is 10.9 Å². The van der Waals surface area contributed by atoms with Gasteiger partial charge in [0.15, 0.2) is 0 Å². The first-order valence-corrected chi connectivity index (χ1v) is 7.80. The largest absolute Gasteiger partial charge is 0.334 e. The van der Waals surface area contributed by atoms with Gasteiger partial charge in [-0.1, -0.05) is 17.7 Å². The number of hydrogen-bond acceptors (Lipinski definition) is 3. The smallest absolute Gasteiger partial charge is 0.253 e. The van der Waals surface area contributed by atoms with Crippen molar-refractivity contribution in [3.8, 4) is 0 Å². The Balaban J connectivity index is 1.92. The predicted octanol–water partition coefficient (Wildman–Crippen LogP) is 2.78. The van der Waals surface area contributed by atoms with E-state index in [0.29, 0.717) is 12.1 Å². The van der Waals surface area contributed by atoms with Gasteiger partial charge in [0, 0.05) is 36.9 Å². The molecule has 1 N–H and O–H groups in total. The number of nitrogens with one attached hydrogen (secondary N) is 1. The third-order valence-corrected chi connectivity index (χ3v) is 3.98. The zero-order valence-electron chi connectivity index (χ0n) is 13.7. The molecule has 5 heteroatoms. The fraction of sp³-hybridized carbons (Fsp3) is 0.211. The topological polar surface area (TPSA) is 66.1 Å². The Hall–Kier alpha value is -2.95. The molecule has 0 saturated carbocycles. The lowest BCUT2D eigenvalue weighted by Crippen LogP contribution is -2.30. The minimum atomic E-state index is -0.163. The quantitative estimate of drug-likeness (QED) is 0.803. The van der Waals surface area contributed by atoms with E-state index in [9.17, 15) is 9.59 Å². The van der Waals surface area contributed by atoms with E-state index >= 15 is 0 Å². The van der Waals surface area contributed by atoms with Crippen LogP contribution in [0.3, 0.4) is 0 Å². The van der Waals surface area contributed by atoms with Crippen LogP contribution in [0.15, 0.2) is 53.6 Å². The van der Waals surface area contributed by atoms with Crippen LogP contribution in [0, 0.1) is 6.92 Å². The molecule has 0 spiro atoms. The molecule has 0 radical (unpaired) electrons. The summed E-state index contributed by atoms with van der Waals surface area (Å²) in [7, 11) is 0. The van der Waals surface area contributed by atoms with Crippen molar-refractivity contribution in [3.05, 3.63) is 75.8 Å². The van der Waals surface area contributed by atoms with Crippen molar-refractivity contribution in [1.82, 2.24) is 14.9 Å². The van der Waals surface area contributed by atoms with E-state index in [1.54, 1.807) is 17.3 Å². The lowest BCUT2D eigenvalue weighted by molar-refractivity contribution is -0.130. The standard InChI is InChI=1S/C19H19N3O2/c1-13-5-6-18-16(8-13)9-17(19(24)21-18)12-22(14(2)23)11-15-4-3-7-20-10-15/h3-10H,11-12H2,1-2H3,(H,21,24). The molecule has 3 aromatic rings. The number of nitrogens with zero attached hydrogens (tertiary/aromatic N) is 2. The van der Waals surface area contributed by atoms with Gasteiger partial charge in [0.05, 0.1) is 6.54 Å². The van der Waals surface area contributed by atoms with Gasteiger partial charge in [0.2, 0.25) is 5.91 Å². The second-order valence-electron chi connectivity index (χ2n) is 5.95. The first kappa shape index (κ1) is 15.9. The zero-order valence-corrected chi connectivity index (χ0v) is 13.7. The molecule has 0 aliphatic rings. The number of pyridine rings is 2. The van der Waals surface area contributed by atoms with Gasteiger partial charge in [-0.05, 0) is 42.1 Å². The number of H-pyrrole nitrogens is 1. The summed E-state index contributed by atoms with van der Waals surface area (Å²) in [6.07, 6.45) is 3.42. The number of rotatable bonds is 4. The summed E-state index contributed by atoms with van der Waals surface area (Å²) in [6.45, 7) is 4.21. The molecule has 24 heavy (non-hydrogen) atoms. The predicted molar refractivity (Wildman–Crippen MR) is 93.5 cm³/mol. The fourth-order valence-corrected chi connectivity index (χ4v) is 2.68. The van der Waals surface area contributed by atoms with Crippen LogP contribution in [0.4, 0.5) is 0 Å². The van der Waals surface area contributed by atoms with Gasteiger partial charge in [-0.15, -0.1) is 0 Å². The van der Waals surface area contributed by atoms with Crippen molar-refractivity contribution >= 4 is 16.8 Å². The lowest BCUT2D eigenvalue weighted by Gasteiger charge is -2.21. The van der Waals surface area contributed by atoms with Gasteiger partial charge < -0.3 is 9.88 Å². The van der Waals surface area contributed by atoms with E-state index in [1.165, 1.54) is 6.92 Å². The highest BCUT2D eigenvalue weighted by Crippen LogP contribution is 2.15. The molecule has 2 aromatic heterocycles. The number of carbonyl (C=O) groups excluding carboxylic acids is 1. The molecule has 0 atom stereocenters. The van der Waals surface area contributed by atoms with Crippen molar-refractivity contribution < 1.29 is 4.79 Å². The lowest BCUT2D eigenvalue weighted by atomic mass is 10.1. The second kappa shape index (κ2) is 6.66. The number of carbonyl (C=O) groups is 1. The maximum atomic E-state index is 12.3. The van der Waals surface area contributed by atoms with Crippen LogP contribution < -0.4 is 5.56 Å². The van der Waals surface area contributed by atoms with Crippen LogP contribution in [0.5, 0.6) is 0 Å². The minimum Gasteiger partial charge on any atom is -0.334 e. The van der Waals surface area contributed by atoms with Gasteiger partial charge in [0.1, 0.15) is 0 Å². The van der Waals surface area contributed by atoms with Crippen LogP contribution in [0.2, 0.25) is 0 Å². The van der Waals surface area contributed by atoms with E-state index in [4.69, 9.17) is 0 Å². The molecular formula is C19H19N3O2. The van der Waals surface area contributed by atoms with Gasteiger partial charge in [0.25, 0.3) is 5.56 Å². The van der Waals surface area contributed by atoms with E-state index in [0.717, 1.165) is 22.0 Å². The van der Waals surface area contributed by atoms with E-state index in [2.05, 4.69) is 9.97 Å². The molecule has 0 aliphatic carbocycles. The summed E-state index contributed by atoms with van der Waals surface area (Å²) in [5, 5.41) is 0.967. The summed E-state index contributed by atoms with van der Waals surface area (Å²) in [6, 6.07) is 11.5. The second-order valence-corrected chi connectivity index (χ2v) is 5.95. The molecule has 0 fully saturated rings. The first-order valence-electron chi connectivity index (χ1n) is 7.80. The molecule has 5 nitrogen and oxygen atoms in total. The number of fused-ring (bicyclic) bond motifs is 1. The average Bonchev–Trinajstić information content (AvgIpc) is 2.56. The normalized spacial score (nSPS) is 10.8. The number of hydrogen-bond donors (Lipinski definition) is 1. The highest BCUT2D eigenvalue weighted by atomic mass is 16.2. The van der Waals surface area contributed by atoms with Gasteiger partial charge in [-0.25, -0.2) is 0 Å². The van der Waals surface area contributed by atoms with Crippen LogP contribution >= 0.6 is 0 Å². The van der Waals surface area contributed by atoms with Crippen molar-refractivity contribution in [2.75, 3.05) is 0 Å². The summed E-state index contributed by atoms with van der Waals surface area (Å²) in [4.78, 5) is 32.9. The molecule has 2 heterocycles. The highest BCUT2D eigenvalue weighted by Gasteiger charge is 2.13. The van der Waals surface area contributed by atoms with E-state index in [1.807, 2.05) is 43.3 Å². The molecule has 0 bridgehead atoms. The number of aromatic amines is 1.